The van der Waals surface area contributed by atoms with Crippen molar-refractivity contribution in [2.75, 3.05) is 0 Å². The lowest BCUT2D eigenvalue weighted by atomic mass is 9.80. The highest BCUT2D eigenvalue weighted by Crippen LogP contribution is 2.40. The van der Waals surface area contributed by atoms with Crippen LogP contribution < -0.4 is 0 Å². The molecule has 1 aliphatic rings. The van der Waals surface area contributed by atoms with E-state index in [-0.39, 0.29) is 0 Å². The van der Waals surface area contributed by atoms with Gasteiger partial charge in [-0.2, -0.15) is 0 Å². The van der Waals surface area contributed by atoms with Gasteiger partial charge in [0.2, 0.25) is 0 Å². The molecule has 2 nitrogen and oxygen atoms in total. The fourth-order valence-electron chi connectivity index (χ4n) is 3.67. The molecule has 2 N–H and O–H groups in total. The van der Waals surface area contributed by atoms with E-state index in [1.165, 1.54) is 22.3 Å². The van der Waals surface area contributed by atoms with Crippen molar-refractivity contribution in [3.63, 3.8) is 0 Å². The van der Waals surface area contributed by atoms with E-state index in [1.54, 1.807) is 12.1 Å². The third kappa shape index (κ3) is 2.98. The van der Waals surface area contributed by atoms with Gasteiger partial charge < -0.3 is 10.2 Å². The van der Waals surface area contributed by atoms with Crippen molar-refractivity contribution in [2.24, 2.45) is 0 Å². The van der Waals surface area contributed by atoms with Crippen molar-refractivity contribution in [1.29, 1.82) is 0 Å². The lowest BCUT2D eigenvalue weighted by Crippen LogP contribution is -2.06. The van der Waals surface area contributed by atoms with Crippen molar-refractivity contribution in [3.05, 3.63) is 64.2 Å². The van der Waals surface area contributed by atoms with E-state index in [0.29, 0.717) is 17.4 Å². The first-order valence-corrected chi connectivity index (χ1v) is 8.25. The van der Waals surface area contributed by atoms with Crippen molar-refractivity contribution in [2.45, 2.75) is 46.0 Å². The summed E-state index contributed by atoms with van der Waals surface area (Å²) in [5.41, 5.74) is 7.33. The van der Waals surface area contributed by atoms with Gasteiger partial charge in [-0.05, 0) is 97.5 Å². The first-order chi connectivity index (χ1) is 11.0. The Kier molecular flexibility index (Phi) is 4.16. The molecule has 3 rings (SSSR count). The van der Waals surface area contributed by atoms with E-state index < -0.39 is 0 Å². The molecule has 1 atom stereocenters. The molecule has 0 amide bonds. The second-order valence-corrected chi connectivity index (χ2v) is 6.63. The highest BCUT2D eigenvalue weighted by atomic mass is 16.3. The molecule has 0 radical (unpaired) electrons. The average Bonchev–Trinajstić information content (AvgIpc) is 2.54. The molecule has 120 valence electrons. The van der Waals surface area contributed by atoms with Gasteiger partial charge >= 0.3 is 0 Å². The molecule has 0 spiro atoms. The molecule has 2 heteroatoms. The van der Waals surface area contributed by atoms with Crippen molar-refractivity contribution >= 4 is 5.57 Å². The number of hydrogen-bond donors (Lipinski definition) is 2. The average molecular weight is 308 g/mol. The second kappa shape index (κ2) is 6.11. The van der Waals surface area contributed by atoms with Gasteiger partial charge in [-0.15, -0.1) is 0 Å². The van der Waals surface area contributed by atoms with Crippen molar-refractivity contribution in [1.82, 2.24) is 0 Å². The summed E-state index contributed by atoms with van der Waals surface area (Å²) in [7, 11) is 0. The Morgan fingerprint density at radius 3 is 2.26 bits per heavy atom. The van der Waals surface area contributed by atoms with Crippen LogP contribution in [0, 0.1) is 20.8 Å². The lowest BCUT2D eigenvalue weighted by molar-refractivity contribution is 0.470. The Hall–Kier alpha value is -2.22. The fourth-order valence-corrected chi connectivity index (χ4v) is 3.67. The summed E-state index contributed by atoms with van der Waals surface area (Å²) in [6.45, 7) is 6.16. The van der Waals surface area contributed by atoms with E-state index in [4.69, 9.17) is 0 Å². The predicted octanol–water partition coefficient (Wildman–Crippen LogP) is 5.37. The van der Waals surface area contributed by atoms with Crippen LogP contribution in [0.2, 0.25) is 0 Å². The number of benzene rings is 2. The number of rotatable bonds is 2. The normalized spacial score (nSPS) is 17.9. The van der Waals surface area contributed by atoms with E-state index in [1.807, 2.05) is 25.1 Å². The summed E-state index contributed by atoms with van der Waals surface area (Å²) in [6.07, 6.45) is 5.55. The number of hydrogen-bond acceptors (Lipinski definition) is 2. The van der Waals surface area contributed by atoms with Gasteiger partial charge in [0.1, 0.15) is 11.5 Å². The second-order valence-electron chi connectivity index (χ2n) is 6.63. The van der Waals surface area contributed by atoms with E-state index in [0.717, 1.165) is 30.4 Å². The Bertz CT molecular complexity index is 754. The molecular formula is C21H24O2. The van der Waals surface area contributed by atoms with Gasteiger partial charge in [-0.1, -0.05) is 18.2 Å². The molecule has 0 aromatic heterocycles. The van der Waals surface area contributed by atoms with Crippen LogP contribution in [0.1, 0.15) is 53.0 Å². The van der Waals surface area contributed by atoms with Gasteiger partial charge in [0, 0.05) is 0 Å². The zero-order valence-electron chi connectivity index (χ0n) is 14.1. The number of aromatic hydroxyl groups is 2. The molecule has 0 aliphatic heterocycles. The van der Waals surface area contributed by atoms with Crippen LogP contribution in [0.5, 0.6) is 11.5 Å². The molecule has 0 bridgehead atoms. The summed E-state index contributed by atoms with van der Waals surface area (Å²) in [5, 5.41) is 19.4. The minimum absolute atomic E-state index is 0.326. The minimum atomic E-state index is 0.326. The minimum Gasteiger partial charge on any atom is -0.508 e. The first-order valence-electron chi connectivity index (χ1n) is 8.25. The summed E-state index contributed by atoms with van der Waals surface area (Å²) in [5.74, 6) is 1.24. The molecule has 0 fully saturated rings. The smallest absolute Gasteiger partial charge is 0.119 e. The van der Waals surface area contributed by atoms with Crippen LogP contribution >= 0.6 is 0 Å². The molecule has 0 heterocycles. The first kappa shape index (κ1) is 15.7. The Morgan fingerprint density at radius 1 is 0.957 bits per heavy atom. The summed E-state index contributed by atoms with van der Waals surface area (Å²) in [4.78, 5) is 0. The maximum absolute atomic E-state index is 9.98. The van der Waals surface area contributed by atoms with Gasteiger partial charge in [-0.3, -0.25) is 0 Å². The standard InChI is InChI=1S/C21H24O2/c1-13-12-20(23)14(2)15(3)21(13)18-6-4-16(5-7-18)17-8-10-19(22)11-9-17/h6,8-12,16,22-23H,4-5,7H2,1-3H3. The zero-order chi connectivity index (χ0) is 16.6. The van der Waals surface area contributed by atoms with E-state index >= 15 is 0 Å². The van der Waals surface area contributed by atoms with Crippen molar-refractivity contribution < 1.29 is 10.2 Å². The molecule has 1 unspecified atom stereocenters. The van der Waals surface area contributed by atoms with Crippen LogP contribution in [-0.2, 0) is 0 Å². The van der Waals surface area contributed by atoms with Gasteiger partial charge in [-0.25, -0.2) is 0 Å². The zero-order valence-corrected chi connectivity index (χ0v) is 14.1. The van der Waals surface area contributed by atoms with Crippen LogP contribution in [0.3, 0.4) is 0 Å². The molecular weight excluding hydrogens is 284 g/mol. The summed E-state index contributed by atoms with van der Waals surface area (Å²) in [6, 6.07) is 9.48. The summed E-state index contributed by atoms with van der Waals surface area (Å²) >= 11 is 0. The lowest BCUT2D eigenvalue weighted by Gasteiger charge is -2.25. The number of allylic oxidation sites excluding steroid dienone is 2. The number of phenols is 2. The van der Waals surface area contributed by atoms with Gasteiger partial charge in [0.05, 0.1) is 0 Å². The fraction of sp³-hybridized carbons (Fsp3) is 0.333. The molecule has 0 saturated heterocycles. The molecule has 1 aliphatic carbocycles. The van der Waals surface area contributed by atoms with Gasteiger partial charge in [0.25, 0.3) is 0 Å². The quantitative estimate of drug-likeness (QED) is 0.782. The van der Waals surface area contributed by atoms with Crippen LogP contribution in [-0.4, -0.2) is 10.2 Å². The molecule has 2 aromatic rings. The van der Waals surface area contributed by atoms with Crippen molar-refractivity contribution in [3.8, 4) is 11.5 Å². The predicted molar refractivity (Wildman–Crippen MR) is 95.0 cm³/mol. The number of aryl methyl sites for hydroxylation is 1. The highest BCUT2D eigenvalue weighted by molar-refractivity contribution is 5.73. The molecule has 23 heavy (non-hydrogen) atoms. The van der Waals surface area contributed by atoms with Crippen LogP contribution in [0.4, 0.5) is 0 Å². The Labute approximate surface area is 138 Å². The number of phenolic OH excluding ortho intramolecular Hbond substituents is 2. The van der Waals surface area contributed by atoms with E-state index in [9.17, 15) is 10.2 Å². The molecule has 0 saturated carbocycles. The highest BCUT2D eigenvalue weighted by Gasteiger charge is 2.20. The maximum atomic E-state index is 9.98. The Balaban J connectivity index is 1.88. The largest absolute Gasteiger partial charge is 0.508 e. The molecule has 2 aromatic carbocycles. The SMILES string of the molecule is Cc1cc(O)c(C)c(C)c1C1=CCC(c2ccc(O)cc2)CC1. The third-order valence-electron chi connectivity index (χ3n) is 5.17. The van der Waals surface area contributed by atoms with E-state index in [2.05, 4.69) is 19.9 Å². The van der Waals surface area contributed by atoms with Crippen LogP contribution in [0.15, 0.2) is 36.4 Å². The Morgan fingerprint density at radius 2 is 1.65 bits per heavy atom. The maximum Gasteiger partial charge on any atom is 0.119 e. The summed E-state index contributed by atoms with van der Waals surface area (Å²) < 4.78 is 0. The van der Waals surface area contributed by atoms with Gasteiger partial charge in [0.15, 0.2) is 0 Å². The topological polar surface area (TPSA) is 40.5 Å². The monoisotopic (exact) mass is 308 g/mol. The van der Waals surface area contributed by atoms with Crippen LogP contribution in [0.25, 0.3) is 5.57 Å². The third-order valence-corrected chi connectivity index (χ3v) is 5.17.